The predicted octanol–water partition coefficient (Wildman–Crippen LogP) is 4.49. The smallest absolute Gasteiger partial charge is 0.219 e. The van der Waals surface area contributed by atoms with Gasteiger partial charge in [-0.2, -0.15) is 0 Å². The van der Waals surface area contributed by atoms with Gasteiger partial charge in [-0.25, -0.2) is 4.98 Å². The maximum absolute atomic E-state index is 5.98. The summed E-state index contributed by atoms with van der Waals surface area (Å²) in [4.78, 5) is 4.58. The zero-order chi connectivity index (χ0) is 15.2. The first-order valence-corrected chi connectivity index (χ1v) is 7.24. The number of allylic oxidation sites excluding steroid dienone is 1. The van der Waals surface area contributed by atoms with Crippen LogP contribution in [0.4, 0.5) is 0 Å². The van der Waals surface area contributed by atoms with E-state index in [1.165, 1.54) is 0 Å². The Morgan fingerprint density at radius 3 is 2.67 bits per heavy atom. The molecule has 2 aromatic rings. The van der Waals surface area contributed by atoms with Gasteiger partial charge in [0, 0.05) is 23.9 Å². The maximum Gasteiger partial charge on any atom is 0.219 e. The quantitative estimate of drug-likeness (QED) is 0.879. The van der Waals surface area contributed by atoms with E-state index in [9.17, 15) is 0 Å². The van der Waals surface area contributed by atoms with Gasteiger partial charge in [0.1, 0.15) is 5.75 Å². The molecular weight excluding hydrogens is 260 g/mol. The number of rotatable bonds is 5. The van der Waals surface area contributed by atoms with E-state index >= 15 is 0 Å². The molecule has 0 fully saturated rings. The zero-order valence-electron chi connectivity index (χ0n) is 12.8. The van der Waals surface area contributed by atoms with Crippen molar-refractivity contribution in [1.29, 1.82) is 0 Å². The first-order chi connectivity index (χ1) is 10.1. The summed E-state index contributed by atoms with van der Waals surface area (Å²) in [7, 11) is 0. The summed E-state index contributed by atoms with van der Waals surface area (Å²) in [5.41, 5.74) is 8.83. The van der Waals surface area contributed by atoms with Crippen LogP contribution in [-0.2, 0) is 6.54 Å². The molecule has 0 radical (unpaired) electrons. The molecule has 0 atom stereocenters. The molecule has 0 aliphatic carbocycles. The van der Waals surface area contributed by atoms with Gasteiger partial charge >= 0.3 is 0 Å². The number of benzene rings is 1. The Hall–Kier alpha value is -2.13. The first-order valence-electron chi connectivity index (χ1n) is 7.24. The minimum absolute atomic E-state index is 0.338. The molecule has 1 aromatic carbocycles. The number of para-hydroxylation sites is 1. The Labute approximate surface area is 126 Å². The highest BCUT2D eigenvalue weighted by atomic mass is 16.5. The molecule has 0 bridgehead atoms. The van der Waals surface area contributed by atoms with Gasteiger partial charge in [-0.05, 0) is 30.5 Å². The van der Waals surface area contributed by atoms with Crippen LogP contribution in [0, 0.1) is 0 Å². The third-order valence-electron chi connectivity index (χ3n) is 3.19. The molecule has 0 unspecified atom stereocenters. The van der Waals surface area contributed by atoms with Crippen LogP contribution in [0.1, 0.15) is 43.5 Å². The van der Waals surface area contributed by atoms with E-state index in [0.717, 1.165) is 22.6 Å². The van der Waals surface area contributed by atoms with Crippen molar-refractivity contribution in [3.63, 3.8) is 0 Å². The third-order valence-corrected chi connectivity index (χ3v) is 3.19. The Morgan fingerprint density at radius 2 is 2.00 bits per heavy atom. The van der Waals surface area contributed by atoms with Gasteiger partial charge in [0.25, 0.3) is 0 Å². The first kappa shape index (κ1) is 15.3. The standard InChI is InChI=1S/C18H22N2O/c1-4-7-15-8-5-6-9-17(15)21-18-11-14(12-19)10-16(20-18)13(2)3/h4-11,13H,12,19H2,1-3H3/b7-4+. The zero-order valence-corrected chi connectivity index (χ0v) is 12.8. The van der Waals surface area contributed by atoms with Crippen molar-refractivity contribution in [3.05, 3.63) is 59.3 Å². The number of hydrogen-bond acceptors (Lipinski definition) is 3. The molecule has 1 aromatic heterocycles. The molecule has 0 aliphatic rings. The number of hydrogen-bond donors (Lipinski definition) is 1. The van der Waals surface area contributed by atoms with Gasteiger partial charge in [-0.3, -0.25) is 0 Å². The Balaban J connectivity index is 2.37. The number of ether oxygens (including phenoxy) is 1. The molecule has 0 saturated carbocycles. The van der Waals surface area contributed by atoms with Gasteiger partial charge in [0.05, 0.1) is 0 Å². The van der Waals surface area contributed by atoms with Crippen LogP contribution in [0.2, 0.25) is 0 Å². The number of pyridine rings is 1. The lowest BCUT2D eigenvalue weighted by molar-refractivity contribution is 0.457. The van der Waals surface area contributed by atoms with E-state index in [2.05, 4.69) is 18.8 Å². The second-order valence-electron chi connectivity index (χ2n) is 5.24. The van der Waals surface area contributed by atoms with Crippen LogP contribution in [-0.4, -0.2) is 4.98 Å². The van der Waals surface area contributed by atoms with Crippen LogP contribution in [0.3, 0.4) is 0 Å². The highest BCUT2D eigenvalue weighted by molar-refractivity contribution is 5.57. The molecule has 2 N–H and O–H groups in total. The number of nitrogens with two attached hydrogens (primary N) is 1. The lowest BCUT2D eigenvalue weighted by atomic mass is 10.1. The monoisotopic (exact) mass is 282 g/mol. The lowest BCUT2D eigenvalue weighted by Gasteiger charge is -2.12. The van der Waals surface area contributed by atoms with Gasteiger partial charge in [-0.1, -0.05) is 44.2 Å². The normalized spacial score (nSPS) is 11.3. The fourth-order valence-electron chi connectivity index (χ4n) is 2.05. The summed E-state index contributed by atoms with van der Waals surface area (Å²) >= 11 is 0. The van der Waals surface area contributed by atoms with Gasteiger partial charge in [0.15, 0.2) is 0 Å². The summed E-state index contributed by atoms with van der Waals surface area (Å²) in [6.07, 6.45) is 4.01. The number of nitrogens with zero attached hydrogens (tertiary/aromatic N) is 1. The van der Waals surface area contributed by atoms with Crippen molar-refractivity contribution in [3.8, 4) is 11.6 Å². The van der Waals surface area contributed by atoms with E-state index in [4.69, 9.17) is 10.5 Å². The molecule has 0 amide bonds. The molecule has 2 rings (SSSR count). The van der Waals surface area contributed by atoms with Gasteiger partial charge < -0.3 is 10.5 Å². The molecule has 21 heavy (non-hydrogen) atoms. The van der Waals surface area contributed by atoms with E-state index < -0.39 is 0 Å². The lowest BCUT2D eigenvalue weighted by Crippen LogP contribution is -2.02. The van der Waals surface area contributed by atoms with Crippen molar-refractivity contribution in [2.45, 2.75) is 33.2 Å². The maximum atomic E-state index is 5.98. The second kappa shape index (κ2) is 7.04. The fourth-order valence-corrected chi connectivity index (χ4v) is 2.05. The molecule has 3 nitrogen and oxygen atoms in total. The average molecular weight is 282 g/mol. The molecule has 3 heteroatoms. The van der Waals surface area contributed by atoms with Crippen molar-refractivity contribution in [2.24, 2.45) is 5.73 Å². The Morgan fingerprint density at radius 1 is 1.24 bits per heavy atom. The third kappa shape index (κ3) is 3.92. The highest BCUT2D eigenvalue weighted by Crippen LogP contribution is 2.27. The summed E-state index contributed by atoms with van der Waals surface area (Å²) in [5.74, 6) is 1.73. The minimum Gasteiger partial charge on any atom is -0.438 e. The Bertz CT molecular complexity index is 633. The van der Waals surface area contributed by atoms with Crippen molar-refractivity contribution in [2.75, 3.05) is 0 Å². The van der Waals surface area contributed by atoms with E-state index in [0.29, 0.717) is 18.3 Å². The van der Waals surface area contributed by atoms with E-state index in [1.54, 1.807) is 0 Å². The van der Waals surface area contributed by atoms with Gasteiger partial charge in [-0.15, -0.1) is 0 Å². The second-order valence-corrected chi connectivity index (χ2v) is 5.24. The van der Waals surface area contributed by atoms with Crippen LogP contribution in [0.25, 0.3) is 6.08 Å². The van der Waals surface area contributed by atoms with Crippen LogP contribution in [0.15, 0.2) is 42.5 Å². The van der Waals surface area contributed by atoms with Crippen molar-refractivity contribution in [1.82, 2.24) is 4.98 Å². The van der Waals surface area contributed by atoms with Crippen LogP contribution < -0.4 is 10.5 Å². The van der Waals surface area contributed by atoms with Crippen LogP contribution in [0.5, 0.6) is 11.6 Å². The van der Waals surface area contributed by atoms with E-state index in [1.807, 2.05) is 55.5 Å². The molecule has 0 saturated heterocycles. The summed E-state index contributed by atoms with van der Waals surface area (Å²) in [6, 6.07) is 11.9. The summed E-state index contributed by atoms with van der Waals surface area (Å²) < 4.78 is 5.98. The molecule has 1 heterocycles. The summed E-state index contributed by atoms with van der Waals surface area (Å²) in [6.45, 7) is 6.69. The molecule has 110 valence electrons. The minimum atomic E-state index is 0.338. The fraction of sp³-hybridized carbons (Fsp3) is 0.278. The molecular formula is C18H22N2O. The van der Waals surface area contributed by atoms with Crippen molar-refractivity contribution < 1.29 is 4.74 Å². The highest BCUT2D eigenvalue weighted by Gasteiger charge is 2.08. The largest absolute Gasteiger partial charge is 0.438 e. The van der Waals surface area contributed by atoms with Crippen molar-refractivity contribution >= 4 is 6.08 Å². The Kier molecular flexibility index (Phi) is 5.12. The number of aromatic nitrogens is 1. The van der Waals surface area contributed by atoms with Crippen LogP contribution >= 0.6 is 0 Å². The predicted molar refractivity (Wildman–Crippen MR) is 87.4 cm³/mol. The topological polar surface area (TPSA) is 48.1 Å². The van der Waals surface area contributed by atoms with E-state index in [-0.39, 0.29) is 0 Å². The molecule has 0 spiro atoms. The average Bonchev–Trinajstić information content (AvgIpc) is 2.49. The SMILES string of the molecule is C/C=C/c1ccccc1Oc1cc(CN)cc(C(C)C)n1. The van der Waals surface area contributed by atoms with Gasteiger partial charge in [0.2, 0.25) is 5.88 Å². The molecule has 0 aliphatic heterocycles. The summed E-state index contributed by atoms with van der Waals surface area (Å²) in [5, 5.41) is 0.